The Morgan fingerprint density at radius 3 is 2.51 bits per heavy atom. The van der Waals surface area contributed by atoms with Gasteiger partial charge in [0.1, 0.15) is 6.33 Å². The number of benzene rings is 2. The quantitative estimate of drug-likeness (QED) is 0.186. The Labute approximate surface area is 238 Å². The van der Waals surface area contributed by atoms with E-state index in [4.69, 9.17) is 0 Å². The second-order valence-corrected chi connectivity index (χ2v) is 10.7. The molecule has 0 bridgehead atoms. The van der Waals surface area contributed by atoms with Gasteiger partial charge in [-0.1, -0.05) is 6.07 Å². The molecular formula is C29H35N9O3. The molecule has 1 amide bonds. The number of imidazole rings is 1. The zero-order chi connectivity index (χ0) is 28.9. The second-order valence-electron chi connectivity index (χ2n) is 10.7. The van der Waals surface area contributed by atoms with Gasteiger partial charge in [0.25, 0.3) is 11.6 Å². The molecule has 1 atom stereocenters. The van der Waals surface area contributed by atoms with Crippen LogP contribution in [0.25, 0.3) is 11.2 Å². The Bertz CT molecular complexity index is 1510. The van der Waals surface area contributed by atoms with Gasteiger partial charge in [-0.25, -0.2) is 15.0 Å². The van der Waals surface area contributed by atoms with Crippen molar-refractivity contribution in [1.82, 2.24) is 29.7 Å². The number of aromatic nitrogens is 4. The summed E-state index contributed by atoms with van der Waals surface area (Å²) in [5, 5.41) is 20.7. The molecule has 0 saturated heterocycles. The van der Waals surface area contributed by atoms with Crippen LogP contribution in [0.2, 0.25) is 0 Å². The van der Waals surface area contributed by atoms with Crippen LogP contribution in [-0.2, 0) is 0 Å². The predicted molar refractivity (Wildman–Crippen MR) is 159 cm³/mol. The summed E-state index contributed by atoms with van der Waals surface area (Å²) in [7, 11) is 4.32. The number of hydrogen-bond donors (Lipinski definition) is 3. The van der Waals surface area contributed by atoms with Gasteiger partial charge in [-0.15, -0.1) is 0 Å². The van der Waals surface area contributed by atoms with Gasteiger partial charge in [-0.2, -0.15) is 0 Å². The summed E-state index contributed by atoms with van der Waals surface area (Å²) in [6.45, 7) is 2.98. The molecule has 0 radical (unpaired) electrons. The molecule has 1 fully saturated rings. The number of carbonyl (C=O) groups is 1. The van der Waals surface area contributed by atoms with E-state index in [9.17, 15) is 14.9 Å². The maximum Gasteiger partial charge on any atom is 0.269 e. The lowest BCUT2D eigenvalue weighted by Crippen LogP contribution is -2.40. The average Bonchev–Trinajstić information content (AvgIpc) is 3.42. The van der Waals surface area contributed by atoms with E-state index in [0.717, 1.165) is 12.2 Å². The van der Waals surface area contributed by atoms with Crippen molar-refractivity contribution in [3.63, 3.8) is 0 Å². The van der Waals surface area contributed by atoms with Crippen LogP contribution >= 0.6 is 0 Å². The fourth-order valence-electron chi connectivity index (χ4n) is 5.25. The lowest BCUT2D eigenvalue weighted by Gasteiger charge is -2.33. The Balaban J connectivity index is 1.23. The predicted octanol–water partition coefficient (Wildman–Crippen LogP) is 4.75. The minimum atomic E-state index is -0.501. The molecule has 12 heteroatoms. The smallest absolute Gasteiger partial charge is 0.269 e. The molecule has 214 valence electrons. The van der Waals surface area contributed by atoms with Crippen LogP contribution in [0.5, 0.6) is 0 Å². The number of carbonyl (C=O) groups excluding carboxylic acids is 1. The average molecular weight is 558 g/mol. The third kappa shape index (κ3) is 6.67. The number of hydrogen-bond acceptors (Lipinski definition) is 9. The molecule has 12 nitrogen and oxygen atoms in total. The SMILES string of the molecule is CC(CNC1CCC(N(C)C)CC1)n1cnc2c(Nc3cccc(NC(=O)c4ccc([N+](=O)[O-])cc4)c3)ncnc21. The Morgan fingerprint density at radius 1 is 1.07 bits per heavy atom. The zero-order valence-corrected chi connectivity index (χ0v) is 23.4. The summed E-state index contributed by atoms with van der Waals surface area (Å²) in [4.78, 5) is 38.9. The number of fused-ring (bicyclic) bond motifs is 1. The van der Waals surface area contributed by atoms with Crippen LogP contribution in [0, 0.1) is 10.1 Å². The molecule has 41 heavy (non-hydrogen) atoms. The molecule has 4 aromatic rings. The topological polar surface area (TPSA) is 143 Å². The van der Waals surface area contributed by atoms with Crippen molar-refractivity contribution in [2.45, 2.75) is 50.7 Å². The Kier molecular flexibility index (Phi) is 8.50. The number of nitrogens with one attached hydrogen (secondary N) is 3. The summed E-state index contributed by atoms with van der Waals surface area (Å²) in [5.41, 5.74) is 2.93. The minimum Gasteiger partial charge on any atom is -0.338 e. The summed E-state index contributed by atoms with van der Waals surface area (Å²) in [6, 6.07) is 14.1. The lowest BCUT2D eigenvalue weighted by atomic mass is 9.90. The first-order valence-electron chi connectivity index (χ1n) is 13.8. The molecule has 1 aliphatic rings. The molecule has 5 rings (SSSR count). The highest BCUT2D eigenvalue weighted by atomic mass is 16.6. The molecule has 1 unspecified atom stereocenters. The number of nitro groups is 1. The van der Waals surface area contributed by atoms with Crippen LogP contribution in [0.3, 0.4) is 0 Å². The van der Waals surface area contributed by atoms with Crippen molar-refractivity contribution in [3.8, 4) is 0 Å². The molecule has 1 saturated carbocycles. The summed E-state index contributed by atoms with van der Waals surface area (Å²) in [6.07, 6.45) is 8.13. The van der Waals surface area contributed by atoms with E-state index in [2.05, 4.69) is 61.4 Å². The van der Waals surface area contributed by atoms with Gasteiger partial charge in [0, 0.05) is 53.7 Å². The summed E-state index contributed by atoms with van der Waals surface area (Å²) in [5.74, 6) is 0.198. The highest BCUT2D eigenvalue weighted by molar-refractivity contribution is 6.04. The van der Waals surface area contributed by atoms with Gasteiger partial charge in [0.15, 0.2) is 17.0 Å². The third-order valence-corrected chi connectivity index (χ3v) is 7.69. The largest absolute Gasteiger partial charge is 0.338 e. The normalized spacial score (nSPS) is 17.9. The number of nitro benzene ring substituents is 1. The second kappa shape index (κ2) is 12.4. The molecule has 2 aromatic heterocycles. The summed E-state index contributed by atoms with van der Waals surface area (Å²) < 4.78 is 2.07. The van der Waals surface area contributed by atoms with Crippen molar-refractivity contribution in [1.29, 1.82) is 0 Å². The van der Waals surface area contributed by atoms with Crippen LogP contribution < -0.4 is 16.0 Å². The van der Waals surface area contributed by atoms with Crippen LogP contribution in [0.4, 0.5) is 22.9 Å². The van der Waals surface area contributed by atoms with Gasteiger partial charge in [0.2, 0.25) is 0 Å². The van der Waals surface area contributed by atoms with E-state index in [-0.39, 0.29) is 17.6 Å². The van der Waals surface area contributed by atoms with E-state index in [0.29, 0.717) is 40.4 Å². The van der Waals surface area contributed by atoms with Crippen molar-refractivity contribution in [2.75, 3.05) is 31.3 Å². The van der Waals surface area contributed by atoms with Crippen molar-refractivity contribution >= 4 is 40.0 Å². The third-order valence-electron chi connectivity index (χ3n) is 7.69. The standard InChI is InChI=1S/C29H35N9O3/c1-19(16-30-21-9-13-24(14-10-21)36(2)3)37-18-33-26-27(31-17-32-28(26)37)34-22-5-4-6-23(15-22)35-29(39)20-7-11-25(12-8-20)38(40)41/h4-8,11-12,15,17-19,21,24,30H,9-10,13-14,16H2,1-3H3,(H,35,39)(H,31,32,34). The first-order valence-corrected chi connectivity index (χ1v) is 13.8. The fourth-order valence-corrected chi connectivity index (χ4v) is 5.25. The molecule has 3 N–H and O–H groups in total. The maximum absolute atomic E-state index is 12.7. The number of nitrogens with zero attached hydrogens (tertiary/aromatic N) is 6. The fraction of sp³-hybridized carbons (Fsp3) is 0.379. The highest BCUT2D eigenvalue weighted by Crippen LogP contribution is 2.26. The number of non-ortho nitro benzene ring substituents is 1. The van der Waals surface area contributed by atoms with Crippen molar-refractivity contribution in [3.05, 3.63) is 76.9 Å². The molecular weight excluding hydrogens is 522 g/mol. The molecule has 1 aliphatic carbocycles. The van der Waals surface area contributed by atoms with Gasteiger partial charge < -0.3 is 25.4 Å². The molecule has 0 aliphatic heterocycles. The minimum absolute atomic E-state index is 0.0699. The van der Waals surface area contributed by atoms with Crippen molar-refractivity contribution in [2.24, 2.45) is 0 Å². The highest BCUT2D eigenvalue weighted by Gasteiger charge is 2.23. The number of anilines is 3. The lowest BCUT2D eigenvalue weighted by molar-refractivity contribution is -0.384. The number of amides is 1. The molecule has 0 spiro atoms. The monoisotopic (exact) mass is 557 g/mol. The van der Waals surface area contributed by atoms with E-state index < -0.39 is 4.92 Å². The van der Waals surface area contributed by atoms with Crippen molar-refractivity contribution < 1.29 is 9.72 Å². The summed E-state index contributed by atoms with van der Waals surface area (Å²) >= 11 is 0. The zero-order valence-electron chi connectivity index (χ0n) is 23.4. The first kappa shape index (κ1) is 28.1. The Hall–Kier alpha value is -4.42. The molecule has 2 aromatic carbocycles. The van der Waals surface area contributed by atoms with Gasteiger partial charge in [0.05, 0.1) is 11.3 Å². The van der Waals surface area contributed by atoms with Crippen LogP contribution in [0.15, 0.2) is 61.2 Å². The van der Waals surface area contributed by atoms with E-state index in [1.54, 1.807) is 18.5 Å². The first-order chi connectivity index (χ1) is 19.8. The number of rotatable bonds is 10. The van der Waals surface area contributed by atoms with Gasteiger partial charge in [-0.05, 0) is 77.0 Å². The van der Waals surface area contributed by atoms with Crippen LogP contribution in [-0.4, -0.2) is 68.0 Å². The van der Waals surface area contributed by atoms with Crippen LogP contribution in [0.1, 0.15) is 49.0 Å². The van der Waals surface area contributed by atoms with Gasteiger partial charge >= 0.3 is 0 Å². The Morgan fingerprint density at radius 2 is 1.80 bits per heavy atom. The molecule has 2 heterocycles. The maximum atomic E-state index is 12.7. The van der Waals surface area contributed by atoms with E-state index in [1.807, 2.05) is 12.1 Å². The van der Waals surface area contributed by atoms with E-state index in [1.165, 1.54) is 56.3 Å². The van der Waals surface area contributed by atoms with E-state index >= 15 is 0 Å². The van der Waals surface area contributed by atoms with Gasteiger partial charge in [-0.3, -0.25) is 14.9 Å².